The van der Waals surface area contributed by atoms with E-state index in [1.165, 1.54) is 38.8 Å². The number of piperidine rings is 1. The van der Waals surface area contributed by atoms with Crippen molar-refractivity contribution < 1.29 is 4.79 Å². The van der Waals surface area contributed by atoms with E-state index in [0.717, 1.165) is 25.6 Å². The number of nitrogens with zero attached hydrogens (tertiary/aromatic N) is 1. The average Bonchev–Trinajstić information content (AvgIpc) is 3.15. The topological polar surface area (TPSA) is 44.4 Å². The number of rotatable bonds is 4. The Hall–Kier alpha value is -0.610. The predicted octanol–water partition coefficient (Wildman–Crippen LogP) is 0.975. The Balaban J connectivity index is 1.38. The predicted molar refractivity (Wildman–Crippen MR) is 75.9 cm³/mol. The molecule has 0 aromatic heterocycles. The maximum absolute atomic E-state index is 12.1. The molecule has 0 bridgehead atoms. The van der Waals surface area contributed by atoms with E-state index < -0.39 is 0 Å². The second-order valence-corrected chi connectivity index (χ2v) is 6.76. The zero-order chi connectivity index (χ0) is 13.2. The van der Waals surface area contributed by atoms with E-state index in [0.29, 0.717) is 11.8 Å². The van der Waals surface area contributed by atoms with Gasteiger partial charge in [-0.15, -0.1) is 0 Å². The van der Waals surface area contributed by atoms with Gasteiger partial charge < -0.3 is 15.5 Å². The lowest BCUT2D eigenvalue weighted by Gasteiger charge is -2.27. The molecule has 3 aliphatic rings. The molecular weight excluding hydrogens is 238 g/mol. The van der Waals surface area contributed by atoms with Crippen LogP contribution >= 0.6 is 0 Å². The molecule has 4 heteroatoms. The monoisotopic (exact) mass is 265 g/mol. The Morgan fingerprint density at radius 3 is 2.89 bits per heavy atom. The Morgan fingerprint density at radius 2 is 2.16 bits per heavy atom. The van der Waals surface area contributed by atoms with Crippen molar-refractivity contribution in [3.63, 3.8) is 0 Å². The van der Waals surface area contributed by atoms with Gasteiger partial charge in [0.05, 0.1) is 6.04 Å². The Bertz CT molecular complexity index is 329. The third-order valence-electron chi connectivity index (χ3n) is 4.93. The highest BCUT2D eigenvalue weighted by atomic mass is 16.2. The molecule has 2 aliphatic heterocycles. The number of nitrogens with one attached hydrogen (secondary N) is 2. The van der Waals surface area contributed by atoms with Crippen LogP contribution in [0.5, 0.6) is 0 Å². The third kappa shape index (κ3) is 3.48. The number of carbonyl (C=O) groups is 1. The molecule has 3 unspecified atom stereocenters. The molecule has 19 heavy (non-hydrogen) atoms. The Labute approximate surface area is 116 Å². The van der Waals surface area contributed by atoms with E-state index >= 15 is 0 Å². The maximum atomic E-state index is 12.1. The SMILES string of the molecule is CC1CCNC(C(=O)NCC2CCN(C3CC3)C2)C1. The number of hydrogen-bond donors (Lipinski definition) is 2. The van der Waals surface area contributed by atoms with Crippen molar-refractivity contribution in [1.82, 2.24) is 15.5 Å². The largest absolute Gasteiger partial charge is 0.354 e. The first-order chi connectivity index (χ1) is 9.22. The summed E-state index contributed by atoms with van der Waals surface area (Å²) in [4.78, 5) is 14.7. The smallest absolute Gasteiger partial charge is 0.237 e. The highest BCUT2D eigenvalue weighted by Gasteiger charge is 2.34. The van der Waals surface area contributed by atoms with Crippen molar-refractivity contribution in [3.05, 3.63) is 0 Å². The van der Waals surface area contributed by atoms with E-state index in [1.807, 2.05) is 0 Å². The molecule has 3 fully saturated rings. The second-order valence-electron chi connectivity index (χ2n) is 6.76. The summed E-state index contributed by atoms with van der Waals surface area (Å²) in [5.41, 5.74) is 0. The van der Waals surface area contributed by atoms with Gasteiger partial charge in [-0.3, -0.25) is 4.79 Å². The van der Waals surface area contributed by atoms with Crippen LogP contribution in [0.15, 0.2) is 0 Å². The van der Waals surface area contributed by atoms with Gasteiger partial charge in [0.1, 0.15) is 0 Å². The molecule has 2 N–H and O–H groups in total. The zero-order valence-corrected chi connectivity index (χ0v) is 12.0. The van der Waals surface area contributed by atoms with Gasteiger partial charge in [-0.1, -0.05) is 6.92 Å². The number of likely N-dealkylation sites (tertiary alicyclic amines) is 1. The minimum atomic E-state index is 0.0460. The van der Waals surface area contributed by atoms with Gasteiger partial charge in [-0.2, -0.15) is 0 Å². The van der Waals surface area contributed by atoms with Gasteiger partial charge in [-0.05, 0) is 57.0 Å². The zero-order valence-electron chi connectivity index (χ0n) is 12.0. The van der Waals surface area contributed by atoms with Gasteiger partial charge in [0.25, 0.3) is 0 Å². The van der Waals surface area contributed by atoms with Crippen LogP contribution in [0.25, 0.3) is 0 Å². The maximum Gasteiger partial charge on any atom is 0.237 e. The van der Waals surface area contributed by atoms with E-state index in [9.17, 15) is 4.79 Å². The lowest BCUT2D eigenvalue weighted by molar-refractivity contribution is -0.124. The minimum Gasteiger partial charge on any atom is -0.354 e. The first-order valence-corrected chi connectivity index (χ1v) is 7.97. The van der Waals surface area contributed by atoms with Crippen molar-refractivity contribution in [2.75, 3.05) is 26.2 Å². The summed E-state index contributed by atoms with van der Waals surface area (Å²) < 4.78 is 0. The van der Waals surface area contributed by atoms with Crippen molar-refractivity contribution >= 4 is 5.91 Å². The number of amides is 1. The molecule has 2 saturated heterocycles. The van der Waals surface area contributed by atoms with Crippen molar-refractivity contribution in [2.24, 2.45) is 11.8 Å². The van der Waals surface area contributed by atoms with Crippen LogP contribution in [-0.2, 0) is 4.79 Å². The molecule has 1 amide bonds. The lowest BCUT2D eigenvalue weighted by atomic mass is 9.94. The lowest BCUT2D eigenvalue weighted by Crippen LogP contribution is -2.49. The van der Waals surface area contributed by atoms with Crippen molar-refractivity contribution in [3.8, 4) is 0 Å². The Kier molecular flexibility index (Phi) is 4.08. The van der Waals surface area contributed by atoms with Crippen LogP contribution in [0.4, 0.5) is 0 Å². The molecule has 1 aliphatic carbocycles. The summed E-state index contributed by atoms with van der Waals surface area (Å²) in [6.45, 7) is 6.53. The standard InChI is InChI=1S/C15H27N3O/c1-11-4-6-16-14(8-11)15(19)17-9-12-5-7-18(10-12)13-2-3-13/h11-14,16H,2-10H2,1H3,(H,17,19). The molecule has 0 spiro atoms. The van der Waals surface area contributed by atoms with E-state index in [1.54, 1.807) is 0 Å². The minimum absolute atomic E-state index is 0.0460. The highest BCUT2D eigenvalue weighted by molar-refractivity contribution is 5.81. The first-order valence-electron chi connectivity index (χ1n) is 7.97. The molecule has 0 aromatic carbocycles. The Morgan fingerprint density at radius 1 is 1.32 bits per heavy atom. The van der Waals surface area contributed by atoms with Crippen LogP contribution in [0.1, 0.15) is 39.0 Å². The summed E-state index contributed by atoms with van der Waals surface area (Å²) in [5, 5.41) is 6.51. The normalized spacial score (nSPS) is 36.4. The van der Waals surface area contributed by atoms with Crippen LogP contribution in [0, 0.1) is 11.8 Å². The fourth-order valence-corrected chi connectivity index (χ4v) is 3.48. The molecule has 3 rings (SSSR count). The van der Waals surface area contributed by atoms with Gasteiger partial charge in [-0.25, -0.2) is 0 Å². The van der Waals surface area contributed by atoms with E-state index in [2.05, 4.69) is 22.5 Å². The van der Waals surface area contributed by atoms with Crippen molar-refractivity contribution in [2.45, 2.75) is 51.1 Å². The molecule has 1 saturated carbocycles. The van der Waals surface area contributed by atoms with Crippen LogP contribution in [0.2, 0.25) is 0 Å². The molecule has 0 aromatic rings. The summed E-state index contributed by atoms with van der Waals surface area (Å²) in [6.07, 6.45) is 6.23. The molecule has 3 atom stereocenters. The van der Waals surface area contributed by atoms with Crippen LogP contribution < -0.4 is 10.6 Å². The van der Waals surface area contributed by atoms with Crippen LogP contribution in [-0.4, -0.2) is 49.1 Å². The fourth-order valence-electron chi connectivity index (χ4n) is 3.48. The van der Waals surface area contributed by atoms with E-state index in [4.69, 9.17) is 0 Å². The van der Waals surface area contributed by atoms with Gasteiger partial charge in [0.15, 0.2) is 0 Å². The van der Waals surface area contributed by atoms with E-state index in [-0.39, 0.29) is 11.9 Å². The van der Waals surface area contributed by atoms with Gasteiger partial charge >= 0.3 is 0 Å². The summed E-state index contributed by atoms with van der Waals surface area (Å²) >= 11 is 0. The molecule has 0 radical (unpaired) electrons. The molecule has 108 valence electrons. The third-order valence-corrected chi connectivity index (χ3v) is 4.93. The average molecular weight is 265 g/mol. The van der Waals surface area contributed by atoms with Gasteiger partial charge in [0, 0.05) is 19.1 Å². The fraction of sp³-hybridized carbons (Fsp3) is 0.933. The summed E-state index contributed by atoms with van der Waals surface area (Å²) in [6, 6.07) is 0.922. The van der Waals surface area contributed by atoms with Gasteiger partial charge in [0.2, 0.25) is 5.91 Å². The molecule has 4 nitrogen and oxygen atoms in total. The molecular formula is C15H27N3O. The number of carbonyl (C=O) groups excluding carboxylic acids is 1. The summed E-state index contributed by atoms with van der Waals surface area (Å²) in [7, 11) is 0. The first kappa shape index (κ1) is 13.4. The number of hydrogen-bond acceptors (Lipinski definition) is 3. The highest BCUT2D eigenvalue weighted by Crippen LogP contribution is 2.31. The quantitative estimate of drug-likeness (QED) is 0.796. The summed E-state index contributed by atoms with van der Waals surface area (Å²) in [5.74, 6) is 1.57. The van der Waals surface area contributed by atoms with Crippen molar-refractivity contribution in [1.29, 1.82) is 0 Å². The molecule has 2 heterocycles. The van der Waals surface area contributed by atoms with Crippen LogP contribution in [0.3, 0.4) is 0 Å². The second kappa shape index (κ2) is 5.80.